The minimum Gasteiger partial charge on any atom is -0.379 e. The van der Waals surface area contributed by atoms with Gasteiger partial charge in [-0.05, 0) is 35.8 Å². The van der Waals surface area contributed by atoms with Crippen LogP contribution in [0.4, 0.5) is 5.82 Å². The standard InChI is InChI=1S/C21H21ClN8O2/c1-2-30-18-14(21(31)29-8-7-13(23)10-29)9-25-15(11-3-5-12(22)6-4-11)16(18)26-20(30)17-19(24)28-32-27-17/h3-6,9,13H,2,7-8,10,23H2,1H3,(H2,24,28). The number of benzene rings is 1. The van der Waals surface area contributed by atoms with Crippen molar-refractivity contribution in [3.63, 3.8) is 0 Å². The fraction of sp³-hybridized carbons (Fsp3) is 0.286. The van der Waals surface area contributed by atoms with E-state index >= 15 is 0 Å². The lowest BCUT2D eigenvalue weighted by Crippen LogP contribution is -2.32. The predicted octanol–water partition coefficient (Wildman–Crippen LogP) is 2.58. The number of carbonyl (C=O) groups excluding carboxylic acids is 1. The molecule has 4 N–H and O–H groups in total. The van der Waals surface area contributed by atoms with Gasteiger partial charge in [-0.1, -0.05) is 23.7 Å². The Labute approximate surface area is 188 Å². The van der Waals surface area contributed by atoms with Crippen LogP contribution < -0.4 is 11.5 Å². The van der Waals surface area contributed by atoms with Crippen molar-refractivity contribution in [3.05, 3.63) is 41.0 Å². The number of amides is 1. The van der Waals surface area contributed by atoms with Crippen LogP contribution in [0.25, 0.3) is 33.8 Å². The van der Waals surface area contributed by atoms with Gasteiger partial charge in [0.05, 0.1) is 16.8 Å². The monoisotopic (exact) mass is 452 g/mol. The molecular formula is C21H21ClN8O2. The van der Waals surface area contributed by atoms with Gasteiger partial charge < -0.3 is 20.9 Å². The topological polar surface area (TPSA) is 142 Å². The molecule has 1 aliphatic rings. The molecule has 4 heterocycles. The zero-order valence-corrected chi connectivity index (χ0v) is 18.1. The summed E-state index contributed by atoms with van der Waals surface area (Å²) in [4.78, 5) is 24.6. The summed E-state index contributed by atoms with van der Waals surface area (Å²) in [6, 6.07) is 7.27. The number of nitrogens with two attached hydrogens (primary N) is 2. The number of aromatic nitrogens is 5. The average molecular weight is 453 g/mol. The molecule has 0 spiro atoms. The van der Waals surface area contributed by atoms with Crippen LogP contribution in [0.5, 0.6) is 0 Å². The second-order valence-electron chi connectivity index (χ2n) is 7.70. The maximum absolute atomic E-state index is 13.4. The molecule has 32 heavy (non-hydrogen) atoms. The molecule has 1 unspecified atom stereocenters. The van der Waals surface area contributed by atoms with Gasteiger partial charge in [0.15, 0.2) is 17.3 Å². The van der Waals surface area contributed by atoms with Crippen LogP contribution >= 0.6 is 11.6 Å². The second kappa shape index (κ2) is 7.88. The van der Waals surface area contributed by atoms with E-state index in [1.165, 1.54) is 0 Å². The molecule has 1 fully saturated rings. The first kappa shape index (κ1) is 20.4. The van der Waals surface area contributed by atoms with E-state index in [2.05, 4.69) is 15.3 Å². The summed E-state index contributed by atoms with van der Waals surface area (Å²) in [5.41, 5.74) is 15.4. The number of fused-ring (bicyclic) bond motifs is 1. The van der Waals surface area contributed by atoms with Gasteiger partial charge in [0.25, 0.3) is 5.91 Å². The van der Waals surface area contributed by atoms with Gasteiger partial charge in [-0.15, -0.1) is 0 Å². The van der Waals surface area contributed by atoms with Gasteiger partial charge in [-0.2, -0.15) is 0 Å². The number of rotatable bonds is 4. The number of nitrogens with zero attached hydrogens (tertiary/aromatic N) is 6. The summed E-state index contributed by atoms with van der Waals surface area (Å²) in [6.07, 6.45) is 2.37. The van der Waals surface area contributed by atoms with E-state index in [-0.39, 0.29) is 17.8 Å². The molecule has 4 aromatic rings. The third-order valence-corrected chi connectivity index (χ3v) is 5.92. The molecule has 0 radical (unpaired) electrons. The smallest absolute Gasteiger partial charge is 0.257 e. The third-order valence-electron chi connectivity index (χ3n) is 5.67. The van der Waals surface area contributed by atoms with Gasteiger partial charge >= 0.3 is 0 Å². The predicted molar refractivity (Wildman–Crippen MR) is 120 cm³/mol. The first-order valence-electron chi connectivity index (χ1n) is 10.3. The number of carbonyl (C=O) groups is 1. The molecule has 1 aromatic carbocycles. The summed E-state index contributed by atoms with van der Waals surface area (Å²) < 4.78 is 6.68. The summed E-state index contributed by atoms with van der Waals surface area (Å²) in [6.45, 7) is 3.58. The number of nitrogen functional groups attached to an aromatic ring is 1. The first-order chi connectivity index (χ1) is 15.5. The molecule has 1 atom stereocenters. The fourth-order valence-electron chi connectivity index (χ4n) is 4.10. The number of aryl methyl sites for hydroxylation is 1. The van der Waals surface area contributed by atoms with Crippen molar-refractivity contribution < 1.29 is 9.42 Å². The summed E-state index contributed by atoms with van der Waals surface area (Å²) in [5, 5.41) is 8.21. The SMILES string of the molecule is CCn1c(-c2nonc2N)nc2c(-c3ccc(Cl)cc3)ncc(C(=O)N3CCC(N)C3)c21. The van der Waals surface area contributed by atoms with Crippen molar-refractivity contribution in [2.24, 2.45) is 5.73 Å². The normalized spacial score (nSPS) is 16.2. The number of imidazole rings is 1. The molecule has 0 aliphatic carbocycles. The summed E-state index contributed by atoms with van der Waals surface area (Å²) in [5.74, 6) is 0.441. The van der Waals surface area contributed by atoms with Gasteiger partial charge in [-0.25, -0.2) is 9.61 Å². The second-order valence-corrected chi connectivity index (χ2v) is 8.14. The van der Waals surface area contributed by atoms with Crippen LogP contribution in [0.3, 0.4) is 0 Å². The molecule has 10 nitrogen and oxygen atoms in total. The third kappa shape index (κ3) is 3.28. The molecule has 11 heteroatoms. The molecular weight excluding hydrogens is 432 g/mol. The van der Waals surface area contributed by atoms with Crippen molar-refractivity contribution in [1.29, 1.82) is 0 Å². The maximum atomic E-state index is 13.4. The molecule has 5 rings (SSSR count). The summed E-state index contributed by atoms with van der Waals surface area (Å²) in [7, 11) is 0. The van der Waals surface area contributed by atoms with Crippen LogP contribution in [0.15, 0.2) is 35.1 Å². The van der Waals surface area contributed by atoms with Crippen LogP contribution in [0.2, 0.25) is 5.02 Å². The minimum absolute atomic E-state index is 0.0246. The van der Waals surface area contributed by atoms with Crippen molar-refractivity contribution >= 4 is 34.4 Å². The Bertz CT molecular complexity index is 1310. The molecule has 164 valence electrons. The Morgan fingerprint density at radius 2 is 2.03 bits per heavy atom. The van der Waals surface area contributed by atoms with Crippen molar-refractivity contribution in [1.82, 2.24) is 29.7 Å². The lowest BCUT2D eigenvalue weighted by molar-refractivity contribution is 0.0792. The first-order valence-corrected chi connectivity index (χ1v) is 10.6. The lowest BCUT2D eigenvalue weighted by atomic mass is 10.1. The number of hydrogen-bond donors (Lipinski definition) is 2. The largest absolute Gasteiger partial charge is 0.379 e. The van der Waals surface area contributed by atoms with E-state index in [0.29, 0.717) is 58.5 Å². The maximum Gasteiger partial charge on any atom is 0.257 e. The highest BCUT2D eigenvalue weighted by molar-refractivity contribution is 6.30. The van der Waals surface area contributed by atoms with E-state index in [4.69, 9.17) is 32.7 Å². The van der Waals surface area contributed by atoms with E-state index < -0.39 is 0 Å². The number of anilines is 1. The number of pyridine rings is 1. The van der Waals surface area contributed by atoms with Crippen LogP contribution in [-0.4, -0.2) is 54.8 Å². The Kier molecular flexibility index (Phi) is 5.03. The van der Waals surface area contributed by atoms with E-state index in [1.807, 2.05) is 23.6 Å². The minimum atomic E-state index is -0.134. The fourth-order valence-corrected chi connectivity index (χ4v) is 4.23. The van der Waals surface area contributed by atoms with Crippen LogP contribution in [-0.2, 0) is 6.54 Å². The molecule has 0 saturated carbocycles. The lowest BCUT2D eigenvalue weighted by Gasteiger charge is -2.17. The highest BCUT2D eigenvalue weighted by Crippen LogP contribution is 2.34. The number of hydrogen-bond acceptors (Lipinski definition) is 8. The van der Waals surface area contributed by atoms with Crippen molar-refractivity contribution in [2.75, 3.05) is 18.8 Å². The quantitative estimate of drug-likeness (QED) is 0.481. The molecule has 1 saturated heterocycles. The zero-order chi connectivity index (χ0) is 22.4. The zero-order valence-electron chi connectivity index (χ0n) is 17.3. The van der Waals surface area contributed by atoms with E-state index in [9.17, 15) is 4.79 Å². The average Bonchev–Trinajstić information content (AvgIpc) is 3.51. The molecule has 1 aliphatic heterocycles. The summed E-state index contributed by atoms with van der Waals surface area (Å²) >= 11 is 6.07. The molecule has 0 bridgehead atoms. The Hall–Kier alpha value is -3.50. The van der Waals surface area contributed by atoms with Crippen LogP contribution in [0, 0.1) is 0 Å². The Morgan fingerprint density at radius 3 is 2.66 bits per heavy atom. The van der Waals surface area contributed by atoms with Crippen molar-refractivity contribution in [2.45, 2.75) is 25.9 Å². The molecule has 3 aromatic heterocycles. The van der Waals surface area contributed by atoms with Gasteiger partial charge in [0.1, 0.15) is 5.52 Å². The number of likely N-dealkylation sites (tertiary alicyclic amines) is 1. The van der Waals surface area contributed by atoms with Gasteiger partial charge in [-0.3, -0.25) is 9.78 Å². The Balaban J connectivity index is 1.77. The molecule has 1 amide bonds. The van der Waals surface area contributed by atoms with E-state index in [1.54, 1.807) is 23.2 Å². The highest BCUT2D eigenvalue weighted by Gasteiger charge is 2.30. The number of halogens is 1. The van der Waals surface area contributed by atoms with Gasteiger partial charge in [0.2, 0.25) is 0 Å². The van der Waals surface area contributed by atoms with Crippen molar-refractivity contribution in [3.8, 4) is 22.8 Å². The van der Waals surface area contributed by atoms with Crippen LogP contribution in [0.1, 0.15) is 23.7 Å². The van der Waals surface area contributed by atoms with E-state index in [0.717, 1.165) is 12.0 Å². The van der Waals surface area contributed by atoms with Gasteiger partial charge in [0, 0.05) is 42.5 Å². The highest BCUT2D eigenvalue weighted by atomic mass is 35.5. The Morgan fingerprint density at radius 1 is 1.25 bits per heavy atom.